The van der Waals surface area contributed by atoms with Gasteiger partial charge in [-0.2, -0.15) is 0 Å². The molecule has 0 unspecified atom stereocenters. The van der Waals surface area contributed by atoms with E-state index in [-0.39, 0.29) is 5.88 Å². The molecule has 0 saturated carbocycles. The number of aryl methyl sites for hydroxylation is 1. The highest BCUT2D eigenvalue weighted by Gasteiger charge is 2.17. The molecule has 0 aliphatic rings. The van der Waals surface area contributed by atoms with E-state index in [4.69, 9.17) is 21.9 Å². The Labute approximate surface area is 121 Å². The Morgan fingerprint density at radius 2 is 2.00 bits per heavy atom. The number of anilines is 1. The van der Waals surface area contributed by atoms with E-state index in [1.807, 2.05) is 43.3 Å². The summed E-state index contributed by atoms with van der Waals surface area (Å²) in [6.07, 6.45) is 1.73. The van der Waals surface area contributed by atoms with Crippen molar-refractivity contribution >= 4 is 17.5 Å². The fourth-order valence-electron chi connectivity index (χ4n) is 2.12. The van der Waals surface area contributed by atoms with Gasteiger partial charge in [0.2, 0.25) is 5.88 Å². The molecule has 100 valence electrons. The minimum Gasteiger partial charge on any atom is -0.367 e. The van der Waals surface area contributed by atoms with Crippen molar-refractivity contribution in [3.05, 3.63) is 53.3 Å². The van der Waals surface area contributed by atoms with Crippen molar-refractivity contribution < 1.29 is 4.52 Å². The predicted molar refractivity (Wildman–Crippen MR) is 79.3 cm³/mol. The maximum Gasteiger partial charge on any atom is 0.230 e. The number of nitrogens with zero attached hydrogens (tertiary/aromatic N) is 2. The molecule has 0 atom stereocenters. The van der Waals surface area contributed by atoms with E-state index in [1.54, 1.807) is 6.20 Å². The number of nitrogens with two attached hydrogens (primary N) is 1. The molecule has 0 saturated heterocycles. The number of aromatic nitrogens is 2. The van der Waals surface area contributed by atoms with Gasteiger partial charge in [0.05, 0.1) is 5.56 Å². The van der Waals surface area contributed by atoms with Gasteiger partial charge in [-0.05, 0) is 36.8 Å². The van der Waals surface area contributed by atoms with E-state index in [9.17, 15) is 0 Å². The lowest BCUT2D eigenvalue weighted by Crippen LogP contribution is -1.89. The number of hydrogen-bond acceptors (Lipinski definition) is 4. The van der Waals surface area contributed by atoms with Crippen LogP contribution in [0.2, 0.25) is 5.02 Å². The van der Waals surface area contributed by atoms with E-state index in [2.05, 4.69) is 10.1 Å². The minimum absolute atomic E-state index is 0.275. The highest BCUT2D eigenvalue weighted by atomic mass is 35.5. The average Bonchev–Trinajstić information content (AvgIpc) is 2.80. The van der Waals surface area contributed by atoms with Crippen LogP contribution in [-0.4, -0.2) is 10.1 Å². The molecule has 0 spiro atoms. The Bertz CT molecular complexity index is 767. The molecule has 2 aromatic heterocycles. The Balaban J connectivity index is 2.20. The van der Waals surface area contributed by atoms with Crippen LogP contribution < -0.4 is 5.73 Å². The number of benzene rings is 1. The molecule has 1 aromatic carbocycles. The molecule has 0 aliphatic carbocycles. The summed E-state index contributed by atoms with van der Waals surface area (Å²) in [7, 11) is 0. The first-order chi connectivity index (χ1) is 9.65. The van der Waals surface area contributed by atoms with Gasteiger partial charge in [-0.1, -0.05) is 28.9 Å². The number of rotatable bonds is 2. The van der Waals surface area contributed by atoms with Crippen LogP contribution in [0.15, 0.2) is 47.1 Å². The summed E-state index contributed by atoms with van der Waals surface area (Å²) in [5.41, 5.74) is 10.0. The van der Waals surface area contributed by atoms with Crippen molar-refractivity contribution in [1.82, 2.24) is 10.1 Å². The molecule has 2 heterocycles. The molecule has 2 N–H and O–H groups in total. The standard InChI is InChI=1S/C15H12ClN3O/c1-9-7-11(5-6-18-9)14-13(15(17)20-19-14)10-3-2-4-12(16)8-10/h2-8H,17H2,1H3. The van der Waals surface area contributed by atoms with Gasteiger partial charge < -0.3 is 10.3 Å². The largest absolute Gasteiger partial charge is 0.367 e. The second-order valence-corrected chi connectivity index (χ2v) is 4.90. The lowest BCUT2D eigenvalue weighted by molar-refractivity contribution is 0.439. The summed E-state index contributed by atoms with van der Waals surface area (Å²) in [5.74, 6) is 0.275. The first kappa shape index (κ1) is 12.7. The molecule has 0 fully saturated rings. The summed E-state index contributed by atoms with van der Waals surface area (Å²) in [6, 6.07) is 11.2. The van der Waals surface area contributed by atoms with E-state index in [0.717, 1.165) is 22.4 Å². The molecule has 3 aromatic rings. The molecule has 0 amide bonds. The quantitative estimate of drug-likeness (QED) is 0.774. The van der Waals surface area contributed by atoms with Gasteiger partial charge in [0.25, 0.3) is 0 Å². The Kier molecular flexibility index (Phi) is 3.16. The lowest BCUT2D eigenvalue weighted by atomic mass is 10.0. The molecule has 0 bridgehead atoms. The first-order valence-corrected chi connectivity index (χ1v) is 6.47. The fourth-order valence-corrected chi connectivity index (χ4v) is 2.31. The van der Waals surface area contributed by atoms with Crippen LogP contribution in [0.4, 0.5) is 5.88 Å². The molecule has 3 rings (SSSR count). The predicted octanol–water partition coefficient (Wildman–Crippen LogP) is 3.95. The number of halogens is 1. The van der Waals surface area contributed by atoms with Crippen LogP contribution in [0, 0.1) is 6.92 Å². The van der Waals surface area contributed by atoms with Crippen molar-refractivity contribution in [2.75, 3.05) is 5.73 Å². The molecule has 4 nitrogen and oxygen atoms in total. The monoisotopic (exact) mass is 285 g/mol. The van der Waals surface area contributed by atoms with Crippen molar-refractivity contribution in [3.8, 4) is 22.4 Å². The van der Waals surface area contributed by atoms with Crippen molar-refractivity contribution in [3.63, 3.8) is 0 Å². The average molecular weight is 286 g/mol. The summed E-state index contributed by atoms with van der Waals surface area (Å²) < 4.78 is 5.15. The summed E-state index contributed by atoms with van der Waals surface area (Å²) in [4.78, 5) is 4.18. The topological polar surface area (TPSA) is 64.9 Å². The summed E-state index contributed by atoms with van der Waals surface area (Å²) in [5, 5.41) is 4.70. The third-order valence-electron chi connectivity index (χ3n) is 3.00. The van der Waals surface area contributed by atoms with E-state index in [0.29, 0.717) is 10.7 Å². The van der Waals surface area contributed by atoms with Gasteiger partial charge in [-0.15, -0.1) is 0 Å². The highest BCUT2D eigenvalue weighted by Crippen LogP contribution is 2.36. The van der Waals surface area contributed by atoms with Gasteiger partial charge in [0.15, 0.2) is 0 Å². The third kappa shape index (κ3) is 2.26. The van der Waals surface area contributed by atoms with Gasteiger partial charge in [-0.25, -0.2) is 0 Å². The molecular weight excluding hydrogens is 274 g/mol. The zero-order valence-electron chi connectivity index (χ0n) is 10.8. The van der Waals surface area contributed by atoms with Crippen LogP contribution in [0.1, 0.15) is 5.69 Å². The molecular formula is C15H12ClN3O. The van der Waals surface area contributed by atoms with E-state index in [1.165, 1.54) is 0 Å². The maximum atomic E-state index is 6.04. The molecule has 20 heavy (non-hydrogen) atoms. The van der Waals surface area contributed by atoms with Crippen molar-refractivity contribution in [2.24, 2.45) is 0 Å². The summed E-state index contributed by atoms with van der Waals surface area (Å²) in [6.45, 7) is 1.92. The Hall–Kier alpha value is -2.33. The SMILES string of the molecule is Cc1cc(-c2noc(N)c2-c2cccc(Cl)c2)ccn1. The second-order valence-electron chi connectivity index (χ2n) is 4.47. The van der Waals surface area contributed by atoms with Crippen molar-refractivity contribution in [2.45, 2.75) is 6.92 Å². The molecule has 0 aliphatic heterocycles. The van der Waals surface area contributed by atoms with Crippen LogP contribution in [-0.2, 0) is 0 Å². The number of hydrogen-bond donors (Lipinski definition) is 1. The van der Waals surface area contributed by atoms with Crippen LogP contribution in [0.3, 0.4) is 0 Å². The zero-order chi connectivity index (χ0) is 14.1. The van der Waals surface area contributed by atoms with Gasteiger partial charge in [-0.3, -0.25) is 4.98 Å². The third-order valence-corrected chi connectivity index (χ3v) is 3.24. The van der Waals surface area contributed by atoms with E-state index < -0.39 is 0 Å². The second kappa shape index (κ2) is 4.98. The first-order valence-electron chi connectivity index (χ1n) is 6.09. The van der Waals surface area contributed by atoms with E-state index >= 15 is 0 Å². The zero-order valence-corrected chi connectivity index (χ0v) is 11.6. The summed E-state index contributed by atoms with van der Waals surface area (Å²) >= 11 is 6.04. The maximum absolute atomic E-state index is 6.04. The van der Waals surface area contributed by atoms with Crippen LogP contribution in [0.5, 0.6) is 0 Å². The van der Waals surface area contributed by atoms with Gasteiger partial charge in [0.1, 0.15) is 5.69 Å². The molecule has 5 heteroatoms. The highest BCUT2D eigenvalue weighted by molar-refractivity contribution is 6.30. The van der Waals surface area contributed by atoms with Gasteiger partial charge >= 0.3 is 0 Å². The van der Waals surface area contributed by atoms with Crippen molar-refractivity contribution in [1.29, 1.82) is 0 Å². The molecule has 0 radical (unpaired) electrons. The van der Waals surface area contributed by atoms with Crippen LogP contribution >= 0.6 is 11.6 Å². The number of pyridine rings is 1. The fraction of sp³-hybridized carbons (Fsp3) is 0.0667. The van der Waals surface area contributed by atoms with Gasteiger partial charge in [0, 0.05) is 22.5 Å². The smallest absolute Gasteiger partial charge is 0.230 e. The lowest BCUT2D eigenvalue weighted by Gasteiger charge is -2.04. The Morgan fingerprint density at radius 3 is 2.75 bits per heavy atom. The Morgan fingerprint density at radius 1 is 1.15 bits per heavy atom. The normalized spacial score (nSPS) is 10.7. The van der Waals surface area contributed by atoms with Crippen LogP contribution in [0.25, 0.3) is 22.4 Å². The minimum atomic E-state index is 0.275. The number of nitrogen functional groups attached to an aromatic ring is 1.